The predicted octanol–water partition coefficient (Wildman–Crippen LogP) is 3.28. The highest BCUT2D eigenvalue weighted by molar-refractivity contribution is 5.20. The first kappa shape index (κ1) is 10.8. The maximum absolute atomic E-state index is 9.66. The van der Waals surface area contributed by atoms with Crippen LogP contribution in [0.5, 0.6) is 0 Å². The van der Waals surface area contributed by atoms with Crippen LogP contribution < -0.4 is 0 Å². The molecule has 0 spiro atoms. The minimum atomic E-state index is -0.0888. The number of hydrogen-bond donors (Lipinski definition) is 1. The Morgan fingerprint density at radius 3 is 2.54 bits per heavy atom. The van der Waals surface area contributed by atoms with Gasteiger partial charge in [-0.2, -0.15) is 0 Å². The fourth-order valence-corrected chi connectivity index (χ4v) is 1.79. The van der Waals surface area contributed by atoms with Gasteiger partial charge in [0.25, 0.3) is 0 Å². The minimum Gasteiger partial charge on any atom is -0.392 e. The molecule has 0 aliphatic heterocycles. The molecule has 1 heteroatoms. The Bertz CT molecular complexity index is 163. The van der Waals surface area contributed by atoms with Crippen LogP contribution >= 0.6 is 0 Å². The molecule has 0 saturated heterocycles. The SMILES string of the molecule is C=C1C[C@@H]1[C@H](O)CCCCCCC. The molecule has 1 N–H and O–H groups in total. The lowest BCUT2D eigenvalue weighted by molar-refractivity contribution is 0.142. The zero-order chi connectivity index (χ0) is 9.68. The molecule has 0 aromatic heterocycles. The molecule has 1 aliphatic rings. The first-order valence-corrected chi connectivity index (χ1v) is 5.61. The van der Waals surface area contributed by atoms with Crippen LogP contribution in [0.15, 0.2) is 12.2 Å². The zero-order valence-corrected chi connectivity index (χ0v) is 8.76. The number of hydrogen-bond acceptors (Lipinski definition) is 1. The molecule has 1 aliphatic carbocycles. The van der Waals surface area contributed by atoms with Crippen molar-refractivity contribution in [1.82, 2.24) is 0 Å². The maximum atomic E-state index is 9.66. The average molecular weight is 182 g/mol. The normalized spacial score (nSPS) is 23.2. The lowest BCUT2D eigenvalue weighted by atomic mass is 10.1. The van der Waals surface area contributed by atoms with E-state index in [1.54, 1.807) is 0 Å². The van der Waals surface area contributed by atoms with Gasteiger partial charge in [0.15, 0.2) is 0 Å². The van der Waals surface area contributed by atoms with E-state index in [-0.39, 0.29) is 6.10 Å². The van der Waals surface area contributed by atoms with Gasteiger partial charge in [-0.25, -0.2) is 0 Å². The molecule has 0 aromatic rings. The van der Waals surface area contributed by atoms with E-state index in [1.165, 1.54) is 37.7 Å². The van der Waals surface area contributed by atoms with Crippen molar-refractivity contribution in [1.29, 1.82) is 0 Å². The fraction of sp³-hybridized carbons (Fsp3) is 0.833. The first-order valence-electron chi connectivity index (χ1n) is 5.61. The smallest absolute Gasteiger partial charge is 0.0608 e. The summed E-state index contributed by atoms with van der Waals surface area (Å²) in [7, 11) is 0. The van der Waals surface area contributed by atoms with Gasteiger partial charge in [0.2, 0.25) is 0 Å². The molecule has 13 heavy (non-hydrogen) atoms. The largest absolute Gasteiger partial charge is 0.392 e. The number of unbranched alkanes of at least 4 members (excludes halogenated alkanes) is 4. The Kier molecular flexibility index (Phi) is 4.51. The van der Waals surface area contributed by atoms with E-state index >= 15 is 0 Å². The summed E-state index contributed by atoms with van der Waals surface area (Å²) in [6.07, 6.45) is 8.39. The van der Waals surface area contributed by atoms with Gasteiger partial charge in [-0.3, -0.25) is 0 Å². The highest BCUT2D eigenvalue weighted by Crippen LogP contribution is 2.40. The van der Waals surface area contributed by atoms with Crippen molar-refractivity contribution in [2.24, 2.45) is 5.92 Å². The van der Waals surface area contributed by atoms with Gasteiger partial charge in [-0.05, 0) is 12.8 Å². The van der Waals surface area contributed by atoms with Crippen LogP contribution in [0.2, 0.25) is 0 Å². The Labute approximate surface area is 81.9 Å². The van der Waals surface area contributed by atoms with Crippen molar-refractivity contribution < 1.29 is 5.11 Å². The van der Waals surface area contributed by atoms with Crippen LogP contribution in [0.3, 0.4) is 0 Å². The van der Waals surface area contributed by atoms with Gasteiger partial charge < -0.3 is 5.11 Å². The lowest BCUT2D eigenvalue weighted by Gasteiger charge is -2.07. The molecule has 0 bridgehead atoms. The van der Waals surface area contributed by atoms with E-state index in [2.05, 4.69) is 13.5 Å². The molecule has 0 heterocycles. The maximum Gasteiger partial charge on any atom is 0.0608 e. The Balaban J connectivity index is 1.90. The molecule has 0 aromatic carbocycles. The predicted molar refractivity (Wildman–Crippen MR) is 56.6 cm³/mol. The summed E-state index contributed by atoms with van der Waals surface area (Å²) in [5.74, 6) is 0.450. The molecule has 0 amide bonds. The Hall–Kier alpha value is -0.300. The highest BCUT2D eigenvalue weighted by atomic mass is 16.3. The topological polar surface area (TPSA) is 20.2 Å². The van der Waals surface area contributed by atoms with E-state index in [0.717, 1.165) is 12.8 Å². The second-order valence-corrected chi connectivity index (χ2v) is 4.24. The third-order valence-corrected chi connectivity index (χ3v) is 2.91. The summed E-state index contributed by atoms with van der Waals surface area (Å²) in [6.45, 7) is 6.09. The summed E-state index contributed by atoms with van der Waals surface area (Å²) in [5, 5.41) is 9.66. The molecule has 0 unspecified atom stereocenters. The number of aliphatic hydroxyl groups excluding tert-OH is 1. The average Bonchev–Trinajstić information content (AvgIpc) is 2.82. The van der Waals surface area contributed by atoms with Crippen LogP contribution in [0.25, 0.3) is 0 Å². The van der Waals surface area contributed by atoms with Gasteiger partial charge in [0, 0.05) is 5.92 Å². The lowest BCUT2D eigenvalue weighted by Crippen LogP contribution is -2.08. The molecule has 1 rings (SSSR count). The minimum absolute atomic E-state index is 0.0888. The molecule has 1 nitrogen and oxygen atoms in total. The third kappa shape index (κ3) is 3.95. The standard InChI is InChI=1S/C12H22O/c1-3-4-5-6-7-8-12(13)11-9-10(11)2/h11-13H,2-9H2,1H3/t11-,12+/m0/s1. The molecule has 0 radical (unpaired) electrons. The summed E-state index contributed by atoms with van der Waals surface area (Å²) in [6, 6.07) is 0. The summed E-state index contributed by atoms with van der Waals surface area (Å²) in [5.41, 5.74) is 1.25. The zero-order valence-electron chi connectivity index (χ0n) is 8.76. The quantitative estimate of drug-likeness (QED) is 0.473. The van der Waals surface area contributed by atoms with Crippen molar-refractivity contribution in [2.75, 3.05) is 0 Å². The number of rotatable bonds is 7. The van der Waals surface area contributed by atoms with Gasteiger partial charge in [0.05, 0.1) is 6.10 Å². The van der Waals surface area contributed by atoms with Crippen LogP contribution in [-0.4, -0.2) is 11.2 Å². The van der Waals surface area contributed by atoms with Crippen molar-refractivity contribution >= 4 is 0 Å². The van der Waals surface area contributed by atoms with Gasteiger partial charge >= 0.3 is 0 Å². The van der Waals surface area contributed by atoms with E-state index in [4.69, 9.17) is 0 Å². The van der Waals surface area contributed by atoms with Gasteiger partial charge in [0.1, 0.15) is 0 Å². The fourth-order valence-electron chi connectivity index (χ4n) is 1.79. The summed E-state index contributed by atoms with van der Waals surface area (Å²) >= 11 is 0. The van der Waals surface area contributed by atoms with E-state index in [1.807, 2.05) is 0 Å². The van der Waals surface area contributed by atoms with E-state index < -0.39 is 0 Å². The van der Waals surface area contributed by atoms with Crippen LogP contribution in [0.1, 0.15) is 51.9 Å². The summed E-state index contributed by atoms with van der Waals surface area (Å²) in [4.78, 5) is 0. The van der Waals surface area contributed by atoms with Gasteiger partial charge in [-0.15, -0.1) is 0 Å². The Morgan fingerprint density at radius 2 is 2.00 bits per heavy atom. The number of aliphatic hydroxyl groups is 1. The first-order chi connectivity index (χ1) is 6.25. The van der Waals surface area contributed by atoms with Crippen LogP contribution in [0, 0.1) is 5.92 Å². The van der Waals surface area contributed by atoms with E-state index in [0.29, 0.717) is 5.92 Å². The van der Waals surface area contributed by atoms with Crippen LogP contribution in [0.4, 0.5) is 0 Å². The van der Waals surface area contributed by atoms with E-state index in [9.17, 15) is 5.11 Å². The van der Waals surface area contributed by atoms with Crippen molar-refractivity contribution in [3.63, 3.8) is 0 Å². The van der Waals surface area contributed by atoms with Crippen molar-refractivity contribution in [2.45, 2.75) is 58.0 Å². The molecule has 1 saturated carbocycles. The Morgan fingerprint density at radius 1 is 1.38 bits per heavy atom. The molecule has 1 fully saturated rings. The van der Waals surface area contributed by atoms with Crippen molar-refractivity contribution in [3.05, 3.63) is 12.2 Å². The van der Waals surface area contributed by atoms with Crippen LogP contribution in [-0.2, 0) is 0 Å². The summed E-state index contributed by atoms with van der Waals surface area (Å²) < 4.78 is 0. The molecular weight excluding hydrogens is 160 g/mol. The molecular formula is C12H22O. The third-order valence-electron chi connectivity index (χ3n) is 2.91. The van der Waals surface area contributed by atoms with Gasteiger partial charge in [-0.1, -0.05) is 51.2 Å². The molecule has 2 atom stereocenters. The van der Waals surface area contributed by atoms with Crippen molar-refractivity contribution in [3.8, 4) is 0 Å². The monoisotopic (exact) mass is 182 g/mol. The second kappa shape index (κ2) is 5.43. The second-order valence-electron chi connectivity index (χ2n) is 4.24. The molecule has 76 valence electrons. The highest BCUT2D eigenvalue weighted by Gasteiger charge is 2.33.